The summed E-state index contributed by atoms with van der Waals surface area (Å²) in [5, 5.41) is 12.9. The van der Waals surface area contributed by atoms with Gasteiger partial charge in [0.2, 0.25) is 0 Å². The Balaban J connectivity index is 0.000000617. The molecule has 2 heterocycles. The number of nitrogens with one attached hydrogen (secondary N) is 1. The van der Waals surface area contributed by atoms with Crippen molar-refractivity contribution in [2.24, 2.45) is 0 Å². The minimum absolute atomic E-state index is 0.0369. The lowest BCUT2D eigenvalue weighted by Crippen LogP contribution is -2.12. The molecule has 0 bridgehead atoms. The number of carbonyl (C=O) groups excluding carboxylic acids is 2. The van der Waals surface area contributed by atoms with E-state index in [1.54, 1.807) is 32.1 Å². The second-order valence-electron chi connectivity index (χ2n) is 10.1. The van der Waals surface area contributed by atoms with Crippen molar-refractivity contribution in [2.75, 3.05) is 6.61 Å². The van der Waals surface area contributed by atoms with E-state index in [1.165, 1.54) is 0 Å². The van der Waals surface area contributed by atoms with Gasteiger partial charge in [-0.1, -0.05) is 29.8 Å². The van der Waals surface area contributed by atoms with E-state index in [9.17, 15) is 9.59 Å². The van der Waals surface area contributed by atoms with Crippen molar-refractivity contribution < 1.29 is 19.4 Å². The molecule has 38 heavy (non-hydrogen) atoms. The molecule has 3 aromatic carbocycles. The monoisotopic (exact) mass is 550 g/mol. The van der Waals surface area contributed by atoms with Crippen LogP contribution in [0.3, 0.4) is 0 Å². The number of aliphatic hydroxyl groups is 1. The lowest BCUT2D eigenvalue weighted by molar-refractivity contribution is -0.142. The number of benzene rings is 3. The summed E-state index contributed by atoms with van der Waals surface area (Å²) < 4.78 is 6.25. The number of rotatable bonds is 5. The minimum Gasteiger partial charge on any atom is -0.466 e. The number of esters is 1. The molecule has 0 saturated heterocycles. The molecule has 5 rings (SSSR count). The number of halogens is 1. The highest BCUT2D eigenvalue weighted by molar-refractivity contribution is 7.22. The van der Waals surface area contributed by atoms with Crippen LogP contribution in [-0.2, 0) is 22.5 Å². The number of ether oxygens (including phenoxy) is 1. The fourth-order valence-electron chi connectivity index (χ4n) is 4.23. The van der Waals surface area contributed by atoms with Crippen LogP contribution in [0.5, 0.6) is 0 Å². The van der Waals surface area contributed by atoms with E-state index in [0.717, 1.165) is 48.6 Å². The lowest BCUT2D eigenvalue weighted by atomic mass is 9.93. The van der Waals surface area contributed by atoms with Gasteiger partial charge in [0.1, 0.15) is 5.01 Å². The van der Waals surface area contributed by atoms with Crippen LogP contribution in [0.15, 0.2) is 48.5 Å². The van der Waals surface area contributed by atoms with Crippen molar-refractivity contribution in [3.8, 4) is 21.7 Å². The molecular weight excluding hydrogens is 520 g/mol. The first-order chi connectivity index (χ1) is 17.9. The van der Waals surface area contributed by atoms with E-state index >= 15 is 0 Å². The Morgan fingerprint density at radius 3 is 2.45 bits per heavy atom. The van der Waals surface area contributed by atoms with Crippen LogP contribution >= 0.6 is 22.9 Å². The Morgan fingerprint density at radius 2 is 1.79 bits per heavy atom. The van der Waals surface area contributed by atoms with Crippen LogP contribution in [0.4, 0.5) is 0 Å². The summed E-state index contributed by atoms with van der Waals surface area (Å²) in [7, 11) is 0. The molecule has 1 aliphatic rings. The summed E-state index contributed by atoms with van der Waals surface area (Å²) in [5.41, 5.74) is 6.92. The van der Waals surface area contributed by atoms with Gasteiger partial charge in [-0.2, -0.15) is 0 Å². The predicted molar refractivity (Wildman–Crippen MR) is 154 cm³/mol. The average molecular weight is 551 g/mol. The molecule has 0 spiro atoms. The molecule has 0 saturated carbocycles. The molecule has 1 aromatic heterocycles. The summed E-state index contributed by atoms with van der Waals surface area (Å²) in [6, 6.07) is 15.5. The normalized spacial score (nSPS) is 12.6. The number of amides is 1. The number of aryl methyl sites for hydroxylation is 1. The quantitative estimate of drug-likeness (QED) is 0.269. The van der Waals surface area contributed by atoms with Crippen LogP contribution in [0, 0.1) is 6.92 Å². The molecule has 1 amide bonds. The van der Waals surface area contributed by atoms with Gasteiger partial charge in [0.15, 0.2) is 0 Å². The Hall–Kier alpha value is -3.26. The first kappa shape index (κ1) is 27.8. The van der Waals surface area contributed by atoms with Crippen LogP contribution in [0.25, 0.3) is 31.9 Å². The van der Waals surface area contributed by atoms with Crippen molar-refractivity contribution in [3.63, 3.8) is 0 Å². The third kappa shape index (κ3) is 6.41. The van der Waals surface area contributed by atoms with Gasteiger partial charge in [-0.3, -0.25) is 9.59 Å². The van der Waals surface area contributed by atoms with E-state index in [-0.39, 0.29) is 18.3 Å². The smallest absolute Gasteiger partial charge is 0.310 e. The van der Waals surface area contributed by atoms with Crippen molar-refractivity contribution in [2.45, 2.75) is 53.2 Å². The molecule has 1 aliphatic heterocycles. The predicted octanol–water partition coefficient (Wildman–Crippen LogP) is 6.72. The number of hydrogen-bond acceptors (Lipinski definition) is 6. The van der Waals surface area contributed by atoms with Gasteiger partial charge in [-0.15, -0.1) is 11.3 Å². The zero-order valence-corrected chi connectivity index (χ0v) is 23.7. The molecule has 0 aliphatic carbocycles. The highest BCUT2D eigenvalue weighted by Gasteiger charge is 2.22. The molecule has 0 atom stereocenters. The fourth-order valence-corrected chi connectivity index (χ4v) is 5.49. The summed E-state index contributed by atoms with van der Waals surface area (Å²) in [5.74, 6) is -0.291. The van der Waals surface area contributed by atoms with Gasteiger partial charge in [0.05, 0.1) is 28.8 Å². The standard InChI is InChI=1S/C26H21ClN2O3S.C4H10O/c1-3-32-22(30)12-20-14(2)10-21-24(23(20)15-4-7-18(27)8-5-15)33-26(29-21)16-6-9-19-17(11-16)13-28-25(19)31;1-4(2,3)5/h4-11H,3,12-13H2,1-2H3,(H,28,31);5H,1-3H3. The van der Waals surface area contributed by atoms with E-state index < -0.39 is 5.60 Å². The minimum atomic E-state index is -0.500. The van der Waals surface area contributed by atoms with Gasteiger partial charge in [0.25, 0.3) is 5.91 Å². The van der Waals surface area contributed by atoms with Crippen molar-refractivity contribution in [3.05, 3.63) is 75.8 Å². The molecular formula is C30H31ClN2O4S. The number of nitrogens with zero attached hydrogens (tertiary/aromatic N) is 1. The number of aromatic nitrogens is 1. The third-order valence-corrected chi connectivity index (χ3v) is 7.20. The van der Waals surface area contributed by atoms with E-state index in [2.05, 4.69) is 5.32 Å². The first-order valence-corrected chi connectivity index (χ1v) is 13.6. The van der Waals surface area contributed by atoms with Gasteiger partial charge >= 0.3 is 5.97 Å². The topological polar surface area (TPSA) is 88.5 Å². The number of fused-ring (bicyclic) bond motifs is 2. The molecule has 0 unspecified atom stereocenters. The second-order valence-corrected chi connectivity index (χ2v) is 11.6. The fraction of sp³-hybridized carbons (Fsp3) is 0.300. The number of hydrogen-bond donors (Lipinski definition) is 2. The number of carbonyl (C=O) groups is 2. The number of thiazole rings is 1. The van der Waals surface area contributed by atoms with Gasteiger partial charge in [0, 0.05) is 28.3 Å². The van der Waals surface area contributed by atoms with Crippen LogP contribution < -0.4 is 5.32 Å². The molecule has 4 aromatic rings. The molecule has 2 N–H and O–H groups in total. The maximum atomic E-state index is 12.4. The third-order valence-electron chi connectivity index (χ3n) is 5.81. The van der Waals surface area contributed by atoms with Crippen molar-refractivity contribution >= 4 is 45.0 Å². The first-order valence-electron chi connectivity index (χ1n) is 12.4. The second kappa shape index (κ2) is 11.2. The van der Waals surface area contributed by atoms with E-state index in [0.29, 0.717) is 23.7 Å². The largest absolute Gasteiger partial charge is 0.466 e. The zero-order valence-electron chi connectivity index (χ0n) is 22.1. The average Bonchev–Trinajstić information content (AvgIpc) is 3.42. The van der Waals surface area contributed by atoms with Gasteiger partial charge < -0.3 is 15.2 Å². The molecule has 0 radical (unpaired) electrons. The SMILES string of the molecule is CC(C)(C)O.CCOC(=O)Cc1c(C)cc2nc(-c3ccc4c(c3)CNC4=O)sc2c1-c1ccc(Cl)cc1. The molecule has 198 valence electrons. The van der Waals surface area contributed by atoms with E-state index in [1.807, 2.05) is 62.4 Å². The van der Waals surface area contributed by atoms with E-state index in [4.69, 9.17) is 26.4 Å². The van der Waals surface area contributed by atoms with Gasteiger partial charge in [-0.25, -0.2) is 4.98 Å². The Labute approximate surface area is 231 Å². The van der Waals surface area contributed by atoms with Crippen molar-refractivity contribution in [1.82, 2.24) is 10.3 Å². The summed E-state index contributed by atoms with van der Waals surface area (Å²) in [6.45, 7) is 9.91. The van der Waals surface area contributed by atoms with Crippen LogP contribution in [0.1, 0.15) is 54.7 Å². The van der Waals surface area contributed by atoms with Crippen LogP contribution in [0.2, 0.25) is 5.02 Å². The summed E-state index contributed by atoms with van der Waals surface area (Å²) in [6.07, 6.45) is 0.188. The Bertz CT molecular complexity index is 1500. The summed E-state index contributed by atoms with van der Waals surface area (Å²) in [4.78, 5) is 29.2. The Kier molecular flexibility index (Phi) is 8.21. The van der Waals surface area contributed by atoms with Crippen molar-refractivity contribution in [1.29, 1.82) is 0 Å². The maximum Gasteiger partial charge on any atom is 0.310 e. The molecule has 0 fully saturated rings. The van der Waals surface area contributed by atoms with Gasteiger partial charge in [-0.05, 0) is 87.2 Å². The zero-order chi connectivity index (χ0) is 27.6. The maximum absolute atomic E-state index is 12.4. The molecule has 6 nitrogen and oxygen atoms in total. The summed E-state index contributed by atoms with van der Waals surface area (Å²) >= 11 is 7.73. The lowest BCUT2D eigenvalue weighted by Gasteiger charge is -2.14. The molecule has 8 heteroatoms. The Morgan fingerprint density at radius 1 is 1.13 bits per heavy atom. The highest BCUT2D eigenvalue weighted by Crippen LogP contribution is 2.41. The van der Waals surface area contributed by atoms with Crippen LogP contribution in [-0.4, -0.2) is 34.2 Å². The highest BCUT2D eigenvalue weighted by atomic mass is 35.5.